The molecule has 5 atom stereocenters. The number of carbonyl (C=O) groups excluding carboxylic acids is 1. The fourth-order valence-electron chi connectivity index (χ4n) is 6.61. The van der Waals surface area contributed by atoms with Crippen LogP contribution in [-0.2, 0) is 23.1 Å². The summed E-state index contributed by atoms with van der Waals surface area (Å²) < 4.78 is 34.5. The summed E-state index contributed by atoms with van der Waals surface area (Å²) in [6.45, 7) is 1.86. The highest BCUT2D eigenvalue weighted by molar-refractivity contribution is 7.90. The zero-order chi connectivity index (χ0) is 27.9. The summed E-state index contributed by atoms with van der Waals surface area (Å²) in [6.07, 6.45) is 9.84. The number of aliphatic hydroxyl groups is 1. The van der Waals surface area contributed by atoms with E-state index in [9.17, 15) is 18.3 Å². The molecule has 2 heterocycles. The number of allylic oxidation sites excluding steroid dienone is 1. The Labute approximate surface area is 241 Å². The number of nitrogens with zero attached hydrogens (tertiary/aromatic N) is 1. The number of hydrogen-bond acceptors (Lipinski definition) is 6. The number of amides is 1. The summed E-state index contributed by atoms with van der Waals surface area (Å²) in [5.41, 5.74) is 3.33. The molecule has 4 aliphatic rings. The lowest BCUT2D eigenvalue weighted by atomic mass is 9.69. The van der Waals surface area contributed by atoms with Gasteiger partial charge in [-0.25, -0.2) is 13.1 Å². The summed E-state index contributed by atoms with van der Waals surface area (Å²) in [6, 6.07) is 11.1. The van der Waals surface area contributed by atoms with E-state index in [0.717, 1.165) is 69.3 Å². The van der Waals surface area contributed by atoms with Crippen LogP contribution in [0.5, 0.6) is 5.75 Å². The molecule has 2 aromatic carbocycles. The number of sulfonamides is 1. The lowest BCUT2D eigenvalue weighted by Gasteiger charge is -2.43. The van der Waals surface area contributed by atoms with E-state index < -0.39 is 22.0 Å². The van der Waals surface area contributed by atoms with Gasteiger partial charge in [-0.05, 0) is 110 Å². The third kappa shape index (κ3) is 5.90. The van der Waals surface area contributed by atoms with Crippen LogP contribution in [0.15, 0.2) is 48.6 Å². The van der Waals surface area contributed by atoms with Crippen molar-refractivity contribution in [2.45, 2.75) is 57.7 Å². The van der Waals surface area contributed by atoms with Gasteiger partial charge >= 0.3 is 0 Å². The average Bonchev–Trinajstić information content (AvgIpc) is 2.91. The fraction of sp³-hybridized carbons (Fsp3) is 0.516. The number of aliphatic hydroxyl groups excluding tert-OH is 1. The van der Waals surface area contributed by atoms with Crippen molar-refractivity contribution in [2.24, 2.45) is 23.7 Å². The van der Waals surface area contributed by atoms with Gasteiger partial charge in [-0.2, -0.15) is 0 Å². The van der Waals surface area contributed by atoms with Gasteiger partial charge < -0.3 is 14.7 Å². The predicted octanol–water partition coefficient (Wildman–Crippen LogP) is 5.10. The van der Waals surface area contributed by atoms with Crippen LogP contribution in [-0.4, -0.2) is 44.4 Å². The maximum absolute atomic E-state index is 13.2. The second kappa shape index (κ2) is 11.4. The van der Waals surface area contributed by atoms with E-state index in [1.165, 1.54) is 5.56 Å². The minimum atomic E-state index is -3.81. The second-order valence-corrected chi connectivity index (χ2v) is 14.1. The van der Waals surface area contributed by atoms with Crippen molar-refractivity contribution in [3.8, 4) is 5.75 Å². The van der Waals surface area contributed by atoms with E-state index in [1.807, 2.05) is 30.4 Å². The molecular formula is C31H37ClN2O5S. The van der Waals surface area contributed by atoms with Crippen molar-refractivity contribution < 1.29 is 23.1 Å². The number of hydrogen-bond donors (Lipinski definition) is 2. The van der Waals surface area contributed by atoms with Crippen LogP contribution in [0.3, 0.4) is 0 Å². The molecule has 0 aromatic heterocycles. The number of anilines is 1. The van der Waals surface area contributed by atoms with E-state index in [2.05, 4.69) is 9.62 Å². The van der Waals surface area contributed by atoms with E-state index in [-0.39, 0.29) is 23.5 Å². The standard InChI is InChI=1S/C31H37ClN2O5S/c32-26-10-6-24-18-39-30-13-9-22-16-28(30)34(14-2-1-3-21(24)15-26)17-23-7-11-27(23)29(35)12-8-20-4-5-25(20)19-40(37,38)33-31(22)36/h6,8-10,12-13,15-16,20,23,25,27,29,35H,1-5,7,11,14,17-19H2,(H,33,36)/b12-8+/t20-,23-,25-,27+,29-/m0/s1. The van der Waals surface area contributed by atoms with E-state index in [0.29, 0.717) is 28.9 Å². The quantitative estimate of drug-likeness (QED) is 0.418. The van der Waals surface area contributed by atoms with Crippen molar-refractivity contribution in [3.05, 3.63) is 70.3 Å². The van der Waals surface area contributed by atoms with Gasteiger partial charge in [0.25, 0.3) is 5.91 Å². The largest absolute Gasteiger partial charge is 0.487 e. The number of aryl methyl sites for hydroxylation is 1. The van der Waals surface area contributed by atoms with Crippen LogP contribution < -0.4 is 14.4 Å². The topological polar surface area (TPSA) is 95.9 Å². The van der Waals surface area contributed by atoms with Gasteiger partial charge in [0, 0.05) is 23.7 Å². The molecule has 40 heavy (non-hydrogen) atoms. The van der Waals surface area contributed by atoms with Gasteiger partial charge in [0.15, 0.2) is 0 Å². The molecule has 0 radical (unpaired) electrons. The number of halogens is 1. The number of fused-ring (bicyclic) bond motifs is 4. The first kappa shape index (κ1) is 27.6. The SMILES string of the molecule is O=C1NS(=O)(=O)C[C@@H]2CC[C@H]2/C=C/[C@H](O)[C@@H]2CC[C@H]2CN2CCCCc3cc(Cl)ccc3COc3ccc1cc32. The first-order valence-corrected chi connectivity index (χ1v) is 16.5. The number of benzene rings is 2. The maximum Gasteiger partial charge on any atom is 0.264 e. The van der Waals surface area contributed by atoms with Gasteiger partial charge in [-0.3, -0.25) is 4.79 Å². The highest BCUT2D eigenvalue weighted by atomic mass is 35.5. The van der Waals surface area contributed by atoms with Crippen molar-refractivity contribution in [1.82, 2.24) is 4.72 Å². The Morgan fingerprint density at radius 3 is 2.60 bits per heavy atom. The Morgan fingerprint density at radius 1 is 0.975 bits per heavy atom. The average molecular weight is 585 g/mol. The molecule has 2 bridgehead atoms. The molecular weight excluding hydrogens is 548 g/mol. The molecule has 1 amide bonds. The smallest absolute Gasteiger partial charge is 0.264 e. The molecule has 0 saturated heterocycles. The van der Waals surface area contributed by atoms with Gasteiger partial charge in [-0.15, -0.1) is 0 Å². The van der Waals surface area contributed by atoms with Gasteiger partial charge in [0.2, 0.25) is 10.0 Å². The molecule has 2 aliphatic carbocycles. The van der Waals surface area contributed by atoms with Crippen molar-refractivity contribution in [1.29, 1.82) is 0 Å². The molecule has 214 valence electrons. The first-order chi connectivity index (χ1) is 19.3. The predicted molar refractivity (Wildman–Crippen MR) is 156 cm³/mol. The highest BCUT2D eigenvalue weighted by Crippen LogP contribution is 2.42. The Morgan fingerprint density at radius 2 is 1.82 bits per heavy atom. The summed E-state index contributed by atoms with van der Waals surface area (Å²) in [4.78, 5) is 15.5. The van der Waals surface area contributed by atoms with Crippen molar-refractivity contribution >= 4 is 33.2 Å². The Hall–Kier alpha value is -2.55. The van der Waals surface area contributed by atoms with Crippen LogP contribution in [0, 0.1) is 23.7 Å². The normalized spacial score (nSPS) is 30.9. The minimum absolute atomic E-state index is 0.0482. The third-order valence-electron chi connectivity index (χ3n) is 9.32. The molecule has 0 unspecified atom stereocenters. The highest BCUT2D eigenvalue weighted by Gasteiger charge is 2.38. The number of rotatable bonds is 0. The molecule has 2 aromatic rings. The fourth-order valence-corrected chi connectivity index (χ4v) is 8.27. The number of carbonyl (C=O) groups is 1. The van der Waals surface area contributed by atoms with Crippen LogP contribution in [0.2, 0.25) is 5.02 Å². The Balaban J connectivity index is 1.36. The molecule has 2 saturated carbocycles. The molecule has 2 aliphatic heterocycles. The summed E-state index contributed by atoms with van der Waals surface area (Å²) in [5.74, 6) is 0.473. The zero-order valence-corrected chi connectivity index (χ0v) is 24.2. The van der Waals surface area contributed by atoms with E-state index in [1.54, 1.807) is 18.2 Å². The molecule has 7 nitrogen and oxygen atoms in total. The van der Waals surface area contributed by atoms with Gasteiger partial charge in [-0.1, -0.05) is 29.8 Å². The minimum Gasteiger partial charge on any atom is -0.487 e. The zero-order valence-electron chi connectivity index (χ0n) is 22.6. The Bertz CT molecular complexity index is 1410. The van der Waals surface area contributed by atoms with Crippen molar-refractivity contribution in [2.75, 3.05) is 23.7 Å². The molecule has 0 spiro atoms. The van der Waals surface area contributed by atoms with E-state index >= 15 is 0 Å². The number of nitrogens with one attached hydrogen (secondary N) is 1. The number of ether oxygens (including phenoxy) is 1. The van der Waals surface area contributed by atoms with E-state index in [4.69, 9.17) is 16.3 Å². The van der Waals surface area contributed by atoms with Crippen LogP contribution in [0.1, 0.15) is 60.0 Å². The van der Waals surface area contributed by atoms with Crippen molar-refractivity contribution in [3.63, 3.8) is 0 Å². The summed E-state index contributed by atoms with van der Waals surface area (Å²) in [5, 5.41) is 11.8. The summed E-state index contributed by atoms with van der Waals surface area (Å²) >= 11 is 6.29. The third-order valence-corrected chi connectivity index (χ3v) is 10.9. The van der Waals surface area contributed by atoms with Gasteiger partial charge in [0.05, 0.1) is 17.5 Å². The molecule has 9 heteroatoms. The Kier molecular flexibility index (Phi) is 7.85. The maximum atomic E-state index is 13.2. The van der Waals surface area contributed by atoms with Crippen LogP contribution >= 0.6 is 11.6 Å². The van der Waals surface area contributed by atoms with Gasteiger partial charge in [0.1, 0.15) is 12.4 Å². The summed E-state index contributed by atoms with van der Waals surface area (Å²) in [7, 11) is -3.81. The van der Waals surface area contributed by atoms with Crippen LogP contribution in [0.4, 0.5) is 5.69 Å². The lowest BCUT2D eigenvalue weighted by Crippen LogP contribution is -2.44. The monoisotopic (exact) mass is 584 g/mol. The molecule has 2 N–H and O–H groups in total. The molecule has 6 rings (SSSR count). The first-order valence-electron chi connectivity index (χ1n) is 14.5. The molecule has 2 fully saturated rings. The lowest BCUT2D eigenvalue weighted by molar-refractivity contribution is 0.0455. The second-order valence-electron chi connectivity index (χ2n) is 11.9. The van der Waals surface area contributed by atoms with Crippen LogP contribution in [0.25, 0.3) is 0 Å².